The summed E-state index contributed by atoms with van der Waals surface area (Å²) in [6.45, 7) is 5.06. The van der Waals surface area contributed by atoms with E-state index in [1.165, 1.54) is 0 Å². The number of nitrogens with zero attached hydrogens (tertiary/aromatic N) is 2. The maximum atomic E-state index is 8.68. The van der Waals surface area contributed by atoms with Crippen molar-refractivity contribution in [2.45, 2.75) is 26.1 Å². The third-order valence-electron chi connectivity index (χ3n) is 1.26. The zero-order valence-electron chi connectivity index (χ0n) is 11.0. The Labute approximate surface area is 121 Å². The van der Waals surface area contributed by atoms with Gasteiger partial charge in [0.25, 0.3) is 0 Å². The summed E-state index contributed by atoms with van der Waals surface area (Å²) in [5.74, 6) is 0. The largest absolute Gasteiger partial charge is 0.392 e. The molecule has 2 atom stereocenters. The standard InChI is InChI=1S/2C5H13NO.2Cu/c2*1-5(7)4-6(2)3;;/h2*5,7H,4H2,1-3H3;;. The van der Waals surface area contributed by atoms with E-state index < -0.39 is 0 Å². The first-order valence-electron chi connectivity index (χ1n) is 4.91. The molecule has 0 amide bonds. The van der Waals surface area contributed by atoms with Gasteiger partial charge in [0.05, 0.1) is 12.2 Å². The van der Waals surface area contributed by atoms with E-state index in [-0.39, 0.29) is 46.3 Å². The summed E-state index contributed by atoms with van der Waals surface area (Å²) in [6.07, 6.45) is -0.398. The van der Waals surface area contributed by atoms with Crippen LogP contribution in [0.5, 0.6) is 0 Å². The molecule has 0 bridgehead atoms. The zero-order valence-corrected chi connectivity index (χ0v) is 12.8. The molecule has 0 saturated carbocycles. The van der Waals surface area contributed by atoms with E-state index in [0.717, 1.165) is 13.1 Å². The smallest absolute Gasteiger partial charge is 0.0638 e. The molecule has 2 radical (unpaired) electrons. The first-order chi connectivity index (χ1) is 6.25. The zero-order chi connectivity index (χ0) is 11.7. The van der Waals surface area contributed by atoms with Crippen LogP contribution >= 0.6 is 0 Å². The van der Waals surface area contributed by atoms with Crippen LogP contribution in [0, 0.1) is 0 Å². The minimum absolute atomic E-state index is 0. The van der Waals surface area contributed by atoms with Gasteiger partial charge in [0.2, 0.25) is 0 Å². The molecule has 0 aliphatic carbocycles. The summed E-state index contributed by atoms with van der Waals surface area (Å²) in [7, 11) is 7.75. The molecule has 0 fully saturated rings. The minimum atomic E-state index is -0.199. The Balaban J connectivity index is -0.0000000800. The van der Waals surface area contributed by atoms with Crippen LogP contribution in [-0.2, 0) is 34.1 Å². The van der Waals surface area contributed by atoms with E-state index in [1.54, 1.807) is 13.8 Å². The van der Waals surface area contributed by atoms with Crippen molar-refractivity contribution < 1.29 is 44.4 Å². The quantitative estimate of drug-likeness (QED) is 0.703. The fourth-order valence-electron chi connectivity index (χ4n) is 1.06. The van der Waals surface area contributed by atoms with Crippen LogP contribution in [0.1, 0.15) is 13.8 Å². The van der Waals surface area contributed by atoms with E-state index in [9.17, 15) is 0 Å². The molecule has 110 valence electrons. The molecule has 0 aliphatic rings. The fourth-order valence-corrected chi connectivity index (χ4v) is 1.06. The molecule has 0 aliphatic heterocycles. The molecule has 0 saturated heterocycles. The molecular weight excluding hydrogens is 307 g/mol. The second-order valence-electron chi connectivity index (χ2n) is 4.22. The molecule has 4 nitrogen and oxygen atoms in total. The van der Waals surface area contributed by atoms with Crippen molar-refractivity contribution in [3.63, 3.8) is 0 Å². The summed E-state index contributed by atoms with van der Waals surface area (Å²) < 4.78 is 0. The summed E-state index contributed by atoms with van der Waals surface area (Å²) in [5, 5.41) is 17.4. The van der Waals surface area contributed by atoms with Gasteiger partial charge in [-0.2, -0.15) is 0 Å². The second-order valence-corrected chi connectivity index (χ2v) is 4.22. The van der Waals surface area contributed by atoms with Crippen LogP contribution < -0.4 is 0 Å². The number of rotatable bonds is 4. The molecule has 2 N–H and O–H groups in total. The van der Waals surface area contributed by atoms with Gasteiger partial charge in [-0.1, -0.05) is 0 Å². The molecule has 0 aromatic heterocycles. The summed E-state index contributed by atoms with van der Waals surface area (Å²) >= 11 is 0. The molecule has 0 rings (SSSR count). The Bertz CT molecular complexity index is 97.4. The van der Waals surface area contributed by atoms with Gasteiger partial charge in [0.15, 0.2) is 0 Å². The van der Waals surface area contributed by atoms with E-state index in [4.69, 9.17) is 10.2 Å². The van der Waals surface area contributed by atoms with E-state index >= 15 is 0 Å². The van der Waals surface area contributed by atoms with E-state index in [0.29, 0.717) is 0 Å². The van der Waals surface area contributed by atoms with Crippen LogP contribution in [0.4, 0.5) is 0 Å². The molecular formula is C10H26Cu2N2O2. The summed E-state index contributed by atoms with van der Waals surface area (Å²) in [6, 6.07) is 0. The number of aliphatic hydroxyl groups excluding tert-OH is 2. The van der Waals surface area contributed by atoms with Crippen LogP contribution in [0.2, 0.25) is 0 Å². The summed E-state index contributed by atoms with van der Waals surface area (Å²) in [5.41, 5.74) is 0. The molecule has 2 unspecified atom stereocenters. The van der Waals surface area contributed by atoms with Crippen molar-refractivity contribution in [1.82, 2.24) is 9.80 Å². The topological polar surface area (TPSA) is 46.9 Å². The molecule has 0 heterocycles. The third kappa shape index (κ3) is 36.4. The van der Waals surface area contributed by atoms with Crippen molar-refractivity contribution >= 4 is 0 Å². The van der Waals surface area contributed by atoms with Gasteiger partial charge in [-0.05, 0) is 42.0 Å². The van der Waals surface area contributed by atoms with Crippen molar-refractivity contribution in [1.29, 1.82) is 0 Å². The third-order valence-corrected chi connectivity index (χ3v) is 1.26. The van der Waals surface area contributed by atoms with Gasteiger partial charge in [0, 0.05) is 47.2 Å². The maximum Gasteiger partial charge on any atom is 0.0638 e. The average molecular weight is 333 g/mol. The predicted molar refractivity (Wildman–Crippen MR) is 60.5 cm³/mol. The van der Waals surface area contributed by atoms with Crippen molar-refractivity contribution in [2.24, 2.45) is 0 Å². The van der Waals surface area contributed by atoms with Crippen LogP contribution in [0.15, 0.2) is 0 Å². The monoisotopic (exact) mass is 332 g/mol. The van der Waals surface area contributed by atoms with Crippen LogP contribution in [0.3, 0.4) is 0 Å². The maximum absolute atomic E-state index is 8.68. The van der Waals surface area contributed by atoms with Crippen molar-refractivity contribution in [3.8, 4) is 0 Å². The first-order valence-corrected chi connectivity index (χ1v) is 4.91. The number of aliphatic hydroxyl groups is 2. The van der Waals surface area contributed by atoms with E-state index in [2.05, 4.69) is 0 Å². The Morgan fingerprint density at radius 1 is 0.750 bits per heavy atom. The van der Waals surface area contributed by atoms with Gasteiger partial charge in [-0.25, -0.2) is 0 Å². The first kappa shape index (κ1) is 25.7. The fraction of sp³-hybridized carbons (Fsp3) is 1.00. The molecule has 0 spiro atoms. The molecule has 16 heavy (non-hydrogen) atoms. The van der Waals surface area contributed by atoms with Crippen molar-refractivity contribution in [2.75, 3.05) is 41.3 Å². The SMILES string of the molecule is CC(O)CN(C)C.CC(O)CN(C)C.[Cu].[Cu]. The Hall–Kier alpha value is 0.879. The molecule has 0 aromatic carbocycles. The van der Waals surface area contributed by atoms with Gasteiger partial charge in [0.1, 0.15) is 0 Å². The van der Waals surface area contributed by atoms with Gasteiger partial charge >= 0.3 is 0 Å². The number of likely N-dealkylation sites (N-methyl/N-ethyl adjacent to an activating group) is 2. The number of hydrogen-bond donors (Lipinski definition) is 2. The van der Waals surface area contributed by atoms with Crippen molar-refractivity contribution in [3.05, 3.63) is 0 Å². The Morgan fingerprint density at radius 2 is 0.938 bits per heavy atom. The average Bonchev–Trinajstić information content (AvgIpc) is 1.79. The van der Waals surface area contributed by atoms with Gasteiger partial charge in [-0.15, -0.1) is 0 Å². The summed E-state index contributed by atoms with van der Waals surface area (Å²) in [4.78, 5) is 3.90. The second kappa shape index (κ2) is 15.9. The normalized spacial score (nSPS) is 13.1. The van der Waals surface area contributed by atoms with Gasteiger partial charge in [-0.3, -0.25) is 0 Å². The Kier molecular flexibility index (Phi) is 25.5. The van der Waals surface area contributed by atoms with Crippen LogP contribution in [-0.4, -0.2) is 73.5 Å². The predicted octanol–water partition coefficient (Wildman–Crippen LogP) is -0.147. The van der Waals surface area contributed by atoms with Crippen LogP contribution in [0.25, 0.3) is 0 Å². The molecule has 6 heteroatoms. The minimum Gasteiger partial charge on any atom is -0.392 e. The molecule has 0 aromatic rings. The Morgan fingerprint density at radius 3 is 0.938 bits per heavy atom. The van der Waals surface area contributed by atoms with Gasteiger partial charge < -0.3 is 20.0 Å². The van der Waals surface area contributed by atoms with E-state index in [1.807, 2.05) is 38.0 Å². The number of hydrogen-bond acceptors (Lipinski definition) is 4.